The fourth-order valence-corrected chi connectivity index (χ4v) is 3.58. The Morgan fingerprint density at radius 2 is 1.90 bits per heavy atom. The molecular weight excluding hydrogens is 400 g/mol. The van der Waals surface area contributed by atoms with Crippen molar-refractivity contribution in [3.8, 4) is 22.8 Å². The highest BCUT2D eigenvalue weighted by Gasteiger charge is 2.25. The van der Waals surface area contributed by atoms with Crippen molar-refractivity contribution in [1.82, 2.24) is 20.0 Å². The lowest BCUT2D eigenvalue weighted by Crippen LogP contribution is -2.50. The number of methoxy groups -OCH3 is 2. The van der Waals surface area contributed by atoms with E-state index in [9.17, 15) is 9.59 Å². The van der Waals surface area contributed by atoms with Gasteiger partial charge >= 0.3 is 0 Å². The summed E-state index contributed by atoms with van der Waals surface area (Å²) in [5, 5.41) is 7.13. The van der Waals surface area contributed by atoms with Gasteiger partial charge in [0.15, 0.2) is 5.76 Å². The number of Topliss-reactive ketones (excluding diaryl/α,β-unsaturated/α-hetero) is 1. The first-order valence-electron chi connectivity index (χ1n) is 9.95. The molecule has 1 amide bonds. The Morgan fingerprint density at radius 3 is 2.58 bits per heavy atom. The minimum absolute atomic E-state index is 0.0600. The van der Waals surface area contributed by atoms with Crippen molar-refractivity contribution in [3.05, 3.63) is 54.1 Å². The van der Waals surface area contributed by atoms with Gasteiger partial charge in [0, 0.05) is 31.7 Å². The number of benzene rings is 1. The average Bonchev–Trinajstić information content (AvgIpc) is 3.51. The topological polar surface area (TPSA) is 101 Å². The molecule has 0 spiro atoms. The minimum Gasteiger partial charge on any atom is -0.497 e. The number of rotatable bonds is 7. The van der Waals surface area contributed by atoms with Gasteiger partial charge in [-0.15, -0.1) is 0 Å². The summed E-state index contributed by atoms with van der Waals surface area (Å²) in [6.45, 7) is 2.56. The molecule has 0 radical (unpaired) electrons. The van der Waals surface area contributed by atoms with Crippen molar-refractivity contribution < 1.29 is 23.5 Å². The lowest BCUT2D eigenvalue weighted by molar-refractivity contribution is 0.0615. The molecule has 0 aliphatic carbocycles. The Morgan fingerprint density at radius 1 is 1.10 bits per heavy atom. The van der Waals surface area contributed by atoms with Gasteiger partial charge in [-0.3, -0.25) is 19.6 Å². The van der Waals surface area contributed by atoms with E-state index >= 15 is 0 Å². The number of ketones is 1. The van der Waals surface area contributed by atoms with Crippen LogP contribution in [0.15, 0.2) is 47.1 Å². The number of H-pyrrole nitrogens is 1. The number of hydrogen-bond acceptors (Lipinski definition) is 7. The van der Waals surface area contributed by atoms with E-state index in [1.54, 1.807) is 49.5 Å². The monoisotopic (exact) mass is 424 g/mol. The third kappa shape index (κ3) is 4.46. The Kier molecular flexibility index (Phi) is 6.03. The van der Waals surface area contributed by atoms with Crippen molar-refractivity contribution in [2.24, 2.45) is 0 Å². The summed E-state index contributed by atoms with van der Waals surface area (Å²) in [6, 6.07) is 10.5. The summed E-state index contributed by atoms with van der Waals surface area (Å²) in [7, 11) is 3.17. The molecule has 0 atom stereocenters. The lowest BCUT2D eigenvalue weighted by atomic mass is 10.1. The predicted octanol–water partition coefficient (Wildman–Crippen LogP) is 2.33. The fourth-order valence-electron chi connectivity index (χ4n) is 3.58. The van der Waals surface area contributed by atoms with Gasteiger partial charge in [-0.05, 0) is 36.4 Å². The standard InChI is InChI=1S/C22H24N4O5/c1-29-15-5-6-20(30-2)16(12-15)17-13-18(24-23-17)22(28)26-9-7-25(8-10-26)14-19(27)21-4-3-11-31-21/h3-6,11-13H,7-10,14H2,1-2H3,(H,23,24). The second kappa shape index (κ2) is 9.05. The van der Waals surface area contributed by atoms with Gasteiger partial charge in [-0.25, -0.2) is 0 Å². The molecule has 3 heterocycles. The summed E-state index contributed by atoms with van der Waals surface area (Å²) >= 11 is 0. The Labute approximate surface area is 179 Å². The Bertz CT molecular complexity index is 1050. The zero-order valence-electron chi connectivity index (χ0n) is 17.5. The molecular formula is C22H24N4O5. The van der Waals surface area contributed by atoms with Crippen LogP contribution in [0.3, 0.4) is 0 Å². The number of nitrogens with one attached hydrogen (secondary N) is 1. The quantitative estimate of drug-likeness (QED) is 0.581. The third-order valence-electron chi connectivity index (χ3n) is 5.31. The van der Waals surface area contributed by atoms with E-state index < -0.39 is 0 Å². The van der Waals surface area contributed by atoms with E-state index in [0.29, 0.717) is 54.8 Å². The van der Waals surface area contributed by atoms with Crippen molar-refractivity contribution in [1.29, 1.82) is 0 Å². The second-order valence-electron chi connectivity index (χ2n) is 7.20. The van der Waals surface area contributed by atoms with Crippen molar-refractivity contribution >= 4 is 11.7 Å². The molecule has 9 nitrogen and oxygen atoms in total. The van der Waals surface area contributed by atoms with Crippen LogP contribution in [0, 0.1) is 0 Å². The number of carbonyl (C=O) groups excluding carboxylic acids is 2. The maximum absolute atomic E-state index is 12.9. The molecule has 1 aliphatic heterocycles. The van der Waals surface area contributed by atoms with Crippen LogP contribution in [0.4, 0.5) is 0 Å². The molecule has 9 heteroatoms. The number of piperazine rings is 1. The summed E-state index contributed by atoms with van der Waals surface area (Å²) in [5.74, 6) is 1.48. The predicted molar refractivity (Wildman–Crippen MR) is 113 cm³/mol. The van der Waals surface area contributed by atoms with Crippen LogP contribution in [0.1, 0.15) is 21.0 Å². The molecule has 0 unspecified atom stereocenters. The van der Waals surface area contributed by atoms with E-state index in [0.717, 1.165) is 5.56 Å². The molecule has 1 N–H and O–H groups in total. The Balaban J connectivity index is 1.39. The largest absolute Gasteiger partial charge is 0.497 e. The number of ether oxygens (including phenoxy) is 2. The van der Waals surface area contributed by atoms with Gasteiger partial charge < -0.3 is 18.8 Å². The fraction of sp³-hybridized carbons (Fsp3) is 0.318. The van der Waals surface area contributed by atoms with Gasteiger partial charge in [-0.1, -0.05) is 0 Å². The van der Waals surface area contributed by atoms with E-state index in [2.05, 4.69) is 10.2 Å². The van der Waals surface area contributed by atoms with Gasteiger partial charge in [0.25, 0.3) is 5.91 Å². The van der Waals surface area contributed by atoms with Crippen LogP contribution in [0.5, 0.6) is 11.5 Å². The van der Waals surface area contributed by atoms with E-state index in [1.807, 2.05) is 11.0 Å². The smallest absolute Gasteiger partial charge is 0.271 e. The van der Waals surface area contributed by atoms with Crippen LogP contribution in [-0.4, -0.2) is 78.6 Å². The van der Waals surface area contributed by atoms with Crippen molar-refractivity contribution in [2.45, 2.75) is 0 Å². The molecule has 3 aromatic rings. The molecule has 1 saturated heterocycles. The summed E-state index contributed by atoms with van der Waals surface area (Å²) in [4.78, 5) is 28.9. The zero-order valence-corrected chi connectivity index (χ0v) is 17.5. The Hall–Kier alpha value is -3.59. The van der Waals surface area contributed by atoms with Crippen LogP contribution < -0.4 is 9.47 Å². The van der Waals surface area contributed by atoms with Crippen LogP contribution in [-0.2, 0) is 0 Å². The first kappa shape index (κ1) is 20.7. The molecule has 162 valence electrons. The first-order chi connectivity index (χ1) is 15.1. The number of aromatic nitrogens is 2. The molecule has 31 heavy (non-hydrogen) atoms. The number of nitrogens with zero attached hydrogens (tertiary/aromatic N) is 3. The number of aromatic amines is 1. The highest BCUT2D eigenvalue weighted by molar-refractivity contribution is 5.95. The van der Waals surface area contributed by atoms with Crippen molar-refractivity contribution in [3.63, 3.8) is 0 Å². The highest BCUT2D eigenvalue weighted by Crippen LogP contribution is 2.32. The molecule has 4 rings (SSSR count). The van der Waals surface area contributed by atoms with Gasteiger partial charge in [0.1, 0.15) is 17.2 Å². The average molecular weight is 424 g/mol. The van der Waals surface area contributed by atoms with Gasteiger partial charge in [0.05, 0.1) is 32.7 Å². The number of carbonyl (C=O) groups is 2. The minimum atomic E-state index is -0.127. The number of furan rings is 1. The number of amides is 1. The van der Waals surface area contributed by atoms with Crippen molar-refractivity contribution in [2.75, 3.05) is 46.9 Å². The van der Waals surface area contributed by atoms with Crippen LogP contribution >= 0.6 is 0 Å². The zero-order chi connectivity index (χ0) is 21.8. The maximum atomic E-state index is 12.9. The highest BCUT2D eigenvalue weighted by atomic mass is 16.5. The normalized spacial score (nSPS) is 14.5. The van der Waals surface area contributed by atoms with E-state index in [-0.39, 0.29) is 18.2 Å². The summed E-state index contributed by atoms with van der Waals surface area (Å²) in [5.41, 5.74) is 1.74. The van der Waals surface area contributed by atoms with E-state index in [1.165, 1.54) is 6.26 Å². The van der Waals surface area contributed by atoms with Crippen LogP contribution in [0.2, 0.25) is 0 Å². The van der Waals surface area contributed by atoms with Gasteiger partial charge in [-0.2, -0.15) is 5.10 Å². The van der Waals surface area contributed by atoms with E-state index in [4.69, 9.17) is 13.9 Å². The second-order valence-corrected chi connectivity index (χ2v) is 7.20. The van der Waals surface area contributed by atoms with Gasteiger partial charge in [0.2, 0.25) is 5.78 Å². The molecule has 1 aromatic carbocycles. The number of hydrogen-bond donors (Lipinski definition) is 1. The third-order valence-corrected chi connectivity index (χ3v) is 5.31. The molecule has 0 saturated carbocycles. The molecule has 0 bridgehead atoms. The molecule has 2 aromatic heterocycles. The van der Waals surface area contributed by atoms with Crippen LogP contribution in [0.25, 0.3) is 11.3 Å². The summed E-state index contributed by atoms with van der Waals surface area (Å²) in [6.07, 6.45) is 1.49. The first-order valence-corrected chi connectivity index (χ1v) is 9.95. The maximum Gasteiger partial charge on any atom is 0.271 e. The molecule has 1 fully saturated rings. The lowest BCUT2D eigenvalue weighted by Gasteiger charge is -2.33. The summed E-state index contributed by atoms with van der Waals surface area (Å²) < 4.78 is 15.8. The SMILES string of the molecule is COc1ccc(OC)c(-c2cc(C(=O)N3CCN(CC(=O)c4ccco4)CC3)[nH]n2)c1. The molecule has 1 aliphatic rings.